The van der Waals surface area contributed by atoms with Gasteiger partial charge in [-0.15, -0.1) is 0 Å². The number of benzene rings is 1. The van der Waals surface area contributed by atoms with E-state index in [1.165, 1.54) is 12.1 Å². The van der Waals surface area contributed by atoms with E-state index >= 15 is 0 Å². The Morgan fingerprint density at radius 3 is 2.80 bits per heavy atom. The van der Waals surface area contributed by atoms with E-state index in [-0.39, 0.29) is 18.0 Å². The van der Waals surface area contributed by atoms with Gasteiger partial charge in [-0.25, -0.2) is 4.39 Å². The minimum Gasteiger partial charge on any atom is -0.372 e. The van der Waals surface area contributed by atoms with Crippen molar-refractivity contribution in [3.05, 3.63) is 46.1 Å². The Kier molecular flexibility index (Phi) is 2.85. The largest absolute Gasteiger partial charge is 0.372 e. The third-order valence-corrected chi connectivity index (χ3v) is 2.50. The molecule has 2 rings (SSSR count). The molecule has 1 heterocycles. The van der Waals surface area contributed by atoms with E-state index < -0.39 is 0 Å². The van der Waals surface area contributed by atoms with Gasteiger partial charge in [0.05, 0.1) is 6.61 Å². The minimum atomic E-state index is -0.384. The molecule has 78 valence electrons. The summed E-state index contributed by atoms with van der Waals surface area (Å²) in [6, 6.07) is 6.33. The average molecular weight is 207 g/mol. The highest BCUT2D eigenvalue weighted by Gasteiger charge is 2.25. The molecule has 0 N–H and O–H groups in total. The van der Waals surface area contributed by atoms with Gasteiger partial charge >= 0.3 is 0 Å². The summed E-state index contributed by atoms with van der Waals surface area (Å²) in [4.78, 5) is 2.70. The van der Waals surface area contributed by atoms with Gasteiger partial charge in [0.15, 0.2) is 0 Å². The molecule has 0 amide bonds. The van der Waals surface area contributed by atoms with E-state index in [0.29, 0.717) is 13.0 Å². The van der Waals surface area contributed by atoms with Gasteiger partial charge in [0.1, 0.15) is 12.0 Å². The Morgan fingerprint density at radius 2 is 2.13 bits per heavy atom. The van der Waals surface area contributed by atoms with Gasteiger partial charge in [0, 0.05) is 10.8 Å². The molecule has 2 atom stereocenters. The first-order chi connectivity index (χ1) is 7.29. The van der Waals surface area contributed by atoms with E-state index in [9.17, 15) is 4.39 Å². The molecule has 0 aromatic heterocycles. The predicted molar refractivity (Wildman–Crippen MR) is 52.6 cm³/mol. The summed E-state index contributed by atoms with van der Waals surface area (Å²) >= 11 is 0. The van der Waals surface area contributed by atoms with Crippen LogP contribution >= 0.6 is 0 Å². The van der Waals surface area contributed by atoms with Gasteiger partial charge in [-0.1, -0.05) is 17.2 Å². The molecule has 1 fully saturated rings. The third kappa shape index (κ3) is 2.26. The van der Waals surface area contributed by atoms with Crippen LogP contribution in [0.2, 0.25) is 0 Å². The first kappa shape index (κ1) is 9.96. The molecule has 15 heavy (non-hydrogen) atoms. The van der Waals surface area contributed by atoms with Gasteiger partial charge in [0.2, 0.25) is 0 Å². The number of ether oxygens (including phenoxy) is 1. The van der Waals surface area contributed by atoms with E-state index in [1.54, 1.807) is 12.1 Å². The van der Waals surface area contributed by atoms with Gasteiger partial charge in [0.25, 0.3) is 0 Å². The summed E-state index contributed by atoms with van der Waals surface area (Å²) in [6.07, 6.45) is 0.278. The molecule has 1 aromatic carbocycles. The molecule has 0 radical (unpaired) electrons. The van der Waals surface area contributed by atoms with E-state index in [1.807, 2.05) is 0 Å². The van der Waals surface area contributed by atoms with Crippen LogP contribution in [0.1, 0.15) is 17.9 Å². The quantitative estimate of drug-likeness (QED) is 0.417. The number of nitrogens with zero attached hydrogens (tertiary/aromatic N) is 3. The van der Waals surface area contributed by atoms with Crippen molar-refractivity contribution in [2.75, 3.05) is 6.61 Å². The summed E-state index contributed by atoms with van der Waals surface area (Å²) in [5.74, 6) is -0.0506. The highest BCUT2D eigenvalue weighted by Crippen LogP contribution is 2.29. The standard InChI is InChI=1S/C10H10FN3O/c11-9-3-1-7(2-4-9)8-5-10(13-14-12)15-6-8/h1-4,8,10H,5-6H2. The zero-order chi connectivity index (χ0) is 10.7. The van der Waals surface area contributed by atoms with E-state index in [4.69, 9.17) is 10.3 Å². The van der Waals surface area contributed by atoms with Crippen molar-refractivity contribution in [3.63, 3.8) is 0 Å². The van der Waals surface area contributed by atoms with Crippen molar-refractivity contribution in [2.45, 2.75) is 18.6 Å². The monoisotopic (exact) mass is 207 g/mol. The summed E-state index contributed by atoms with van der Waals surface area (Å²) < 4.78 is 17.9. The summed E-state index contributed by atoms with van der Waals surface area (Å²) in [5.41, 5.74) is 9.27. The lowest BCUT2D eigenvalue weighted by Gasteiger charge is -2.06. The summed E-state index contributed by atoms with van der Waals surface area (Å²) in [7, 11) is 0. The highest BCUT2D eigenvalue weighted by molar-refractivity contribution is 5.21. The topological polar surface area (TPSA) is 58.0 Å². The van der Waals surface area contributed by atoms with Gasteiger partial charge in [-0.05, 0) is 29.6 Å². The van der Waals surface area contributed by atoms with Crippen molar-refractivity contribution >= 4 is 0 Å². The number of rotatable bonds is 2. The zero-order valence-electron chi connectivity index (χ0n) is 8.01. The maximum absolute atomic E-state index is 12.7. The maximum atomic E-state index is 12.7. The molecular formula is C10H10FN3O. The fourth-order valence-corrected chi connectivity index (χ4v) is 1.71. The van der Waals surface area contributed by atoms with E-state index in [0.717, 1.165) is 5.56 Å². The van der Waals surface area contributed by atoms with Crippen LogP contribution in [0.15, 0.2) is 29.4 Å². The lowest BCUT2D eigenvalue weighted by atomic mass is 9.98. The van der Waals surface area contributed by atoms with Crippen molar-refractivity contribution in [1.82, 2.24) is 0 Å². The van der Waals surface area contributed by atoms with Gasteiger partial charge in [-0.3, -0.25) is 0 Å². The second kappa shape index (κ2) is 4.29. The summed E-state index contributed by atoms with van der Waals surface area (Å²) in [6.45, 7) is 0.523. The van der Waals surface area contributed by atoms with Crippen LogP contribution in [0.25, 0.3) is 10.4 Å². The number of azide groups is 1. The average Bonchev–Trinajstić information content (AvgIpc) is 2.68. The molecule has 4 nitrogen and oxygen atoms in total. The number of halogens is 1. The molecule has 1 aliphatic heterocycles. The lowest BCUT2D eigenvalue weighted by molar-refractivity contribution is 0.115. The first-order valence-corrected chi connectivity index (χ1v) is 4.71. The Hall–Kier alpha value is -1.58. The normalized spacial score (nSPS) is 24.9. The van der Waals surface area contributed by atoms with Crippen molar-refractivity contribution in [2.24, 2.45) is 5.11 Å². The highest BCUT2D eigenvalue weighted by atomic mass is 19.1. The van der Waals surface area contributed by atoms with Crippen LogP contribution in [0, 0.1) is 5.82 Å². The van der Waals surface area contributed by atoms with Crippen LogP contribution in [0.4, 0.5) is 4.39 Å². The second-order valence-corrected chi connectivity index (χ2v) is 3.48. The second-order valence-electron chi connectivity index (χ2n) is 3.48. The fourth-order valence-electron chi connectivity index (χ4n) is 1.71. The Bertz CT molecular complexity index is 386. The molecule has 5 heteroatoms. The summed E-state index contributed by atoms with van der Waals surface area (Å²) in [5, 5.41) is 3.50. The Morgan fingerprint density at radius 1 is 1.40 bits per heavy atom. The smallest absolute Gasteiger partial charge is 0.137 e. The Labute approximate surface area is 86.3 Å². The van der Waals surface area contributed by atoms with Crippen LogP contribution in [-0.4, -0.2) is 12.8 Å². The molecule has 0 bridgehead atoms. The minimum absolute atomic E-state index is 0.195. The SMILES string of the molecule is [N-]=[N+]=NC1CC(c2ccc(F)cc2)CO1. The first-order valence-electron chi connectivity index (χ1n) is 4.71. The van der Waals surface area contributed by atoms with Crippen LogP contribution in [-0.2, 0) is 4.74 Å². The fraction of sp³-hybridized carbons (Fsp3) is 0.400. The van der Waals surface area contributed by atoms with Crippen LogP contribution in [0.5, 0.6) is 0 Å². The molecule has 1 aliphatic rings. The molecule has 2 unspecified atom stereocenters. The van der Waals surface area contributed by atoms with Crippen LogP contribution in [0.3, 0.4) is 0 Å². The van der Waals surface area contributed by atoms with E-state index in [2.05, 4.69) is 10.0 Å². The van der Waals surface area contributed by atoms with Gasteiger partial charge in [-0.2, -0.15) is 0 Å². The molecule has 0 aliphatic carbocycles. The third-order valence-electron chi connectivity index (χ3n) is 2.50. The lowest BCUT2D eigenvalue weighted by Crippen LogP contribution is -1.98. The van der Waals surface area contributed by atoms with Crippen LogP contribution < -0.4 is 0 Å². The maximum Gasteiger partial charge on any atom is 0.137 e. The van der Waals surface area contributed by atoms with Gasteiger partial charge < -0.3 is 4.74 Å². The molecule has 0 spiro atoms. The number of hydrogen-bond acceptors (Lipinski definition) is 2. The van der Waals surface area contributed by atoms with Crippen molar-refractivity contribution < 1.29 is 9.13 Å². The van der Waals surface area contributed by atoms with Crippen molar-refractivity contribution in [1.29, 1.82) is 0 Å². The number of hydrogen-bond donors (Lipinski definition) is 0. The molecule has 1 saturated heterocycles. The molecule has 0 saturated carbocycles. The zero-order valence-corrected chi connectivity index (χ0v) is 8.01. The predicted octanol–water partition coefficient (Wildman–Crippen LogP) is 2.97. The molecule has 1 aromatic rings. The van der Waals surface area contributed by atoms with Crippen molar-refractivity contribution in [3.8, 4) is 0 Å². The molecular weight excluding hydrogens is 197 g/mol. The Balaban J connectivity index is 2.07.